The van der Waals surface area contributed by atoms with E-state index in [2.05, 4.69) is 25.4 Å². The molecule has 1 aliphatic rings. The topological polar surface area (TPSA) is 87.7 Å². The number of amides is 1. The summed E-state index contributed by atoms with van der Waals surface area (Å²) in [6, 6.07) is 1.85. The highest BCUT2D eigenvalue weighted by molar-refractivity contribution is 6.03. The van der Waals surface area contributed by atoms with Crippen molar-refractivity contribution in [1.29, 1.82) is 0 Å². The van der Waals surface area contributed by atoms with E-state index in [1.165, 1.54) is 11.1 Å². The maximum atomic E-state index is 12.5. The molecule has 1 aliphatic heterocycles. The minimum Gasteiger partial charge on any atom is -0.345 e. The lowest BCUT2D eigenvalue weighted by atomic mass is 9.91. The van der Waals surface area contributed by atoms with E-state index in [9.17, 15) is 18.0 Å². The second-order valence-electron chi connectivity index (χ2n) is 6.40. The maximum Gasteiger partial charge on any atom is 0.397 e. The normalized spacial score (nSPS) is 18.6. The van der Waals surface area contributed by atoms with E-state index >= 15 is 0 Å². The van der Waals surface area contributed by atoms with Gasteiger partial charge in [0.1, 0.15) is 11.9 Å². The van der Waals surface area contributed by atoms with Crippen molar-refractivity contribution in [2.75, 3.05) is 13.1 Å². The van der Waals surface area contributed by atoms with Crippen LogP contribution in [0.3, 0.4) is 0 Å². The number of hydrogen-bond acceptors (Lipinski definition) is 5. The molecule has 1 amide bonds. The van der Waals surface area contributed by atoms with Crippen LogP contribution in [0.1, 0.15) is 30.9 Å². The zero-order valence-electron chi connectivity index (χ0n) is 13.6. The smallest absolute Gasteiger partial charge is 0.345 e. The number of alkyl halides is 3. The summed E-state index contributed by atoms with van der Waals surface area (Å²) in [4.78, 5) is 16.2. The number of piperidine rings is 1. The van der Waals surface area contributed by atoms with Crippen molar-refractivity contribution >= 4 is 27.8 Å². The summed E-state index contributed by atoms with van der Waals surface area (Å²) in [5, 5.41) is 18.0. The first kappa shape index (κ1) is 16.7. The number of carbonyl (C=O) groups is 1. The molecule has 0 spiro atoms. The Morgan fingerprint density at radius 3 is 2.96 bits per heavy atom. The third-order valence-corrected chi connectivity index (χ3v) is 4.62. The van der Waals surface area contributed by atoms with Gasteiger partial charge in [0.2, 0.25) is 5.91 Å². The minimum atomic E-state index is -4.50. The van der Waals surface area contributed by atoms with Gasteiger partial charge in [-0.1, -0.05) is 0 Å². The summed E-state index contributed by atoms with van der Waals surface area (Å²) in [7, 11) is 0. The Hall–Kier alpha value is -2.78. The monoisotopic (exact) mass is 364 g/mol. The molecule has 26 heavy (non-hydrogen) atoms. The Labute approximate surface area is 145 Å². The van der Waals surface area contributed by atoms with Gasteiger partial charge in [-0.2, -0.15) is 23.4 Å². The average molecular weight is 364 g/mol. The molecule has 10 heteroatoms. The van der Waals surface area contributed by atoms with Gasteiger partial charge < -0.3 is 9.88 Å². The van der Waals surface area contributed by atoms with Crippen molar-refractivity contribution < 1.29 is 18.0 Å². The first-order valence-corrected chi connectivity index (χ1v) is 8.22. The van der Waals surface area contributed by atoms with E-state index in [0.717, 1.165) is 17.2 Å². The number of halogens is 3. The summed E-state index contributed by atoms with van der Waals surface area (Å²) in [6.07, 6.45) is -1.36. The van der Waals surface area contributed by atoms with E-state index in [1.54, 1.807) is 6.20 Å². The number of nitrogens with one attached hydrogen (secondary N) is 1. The van der Waals surface area contributed by atoms with Crippen LogP contribution in [-0.2, 0) is 4.79 Å². The summed E-state index contributed by atoms with van der Waals surface area (Å²) in [6.45, 7) is 0.514. The van der Waals surface area contributed by atoms with Crippen molar-refractivity contribution in [2.24, 2.45) is 0 Å². The van der Waals surface area contributed by atoms with Crippen LogP contribution in [-0.4, -0.2) is 55.5 Å². The van der Waals surface area contributed by atoms with E-state index in [1.807, 2.05) is 6.07 Å². The number of hydrogen-bond donors (Lipinski definition) is 1. The van der Waals surface area contributed by atoms with E-state index in [-0.39, 0.29) is 12.5 Å². The number of aromatic nitrogens is 5. The molecule has 1 atom stereocenters. The van der Waals surface area contributed by atoms with Crippen molar-refractivity contribution in [2.45, 2.75) is 31.4 Å². The lowest BCUT2D eigenvalue weighted by Crippen LogP contribution is -2.41. The van der Waals surface area contributed by atoms with Gasteiger partial charge in [-0.25, -0.2) is 0 Å². The molecular weight excluding hydrogens is 349 g/mol. The third kappa shape index (κ3) is 3.06. The summed E-state index contributed by atoms with van der Waals surface area (Å²) < 4.78 is 37.6. The van der Waals surface area contributed by atoms with Gasteiger partial charge in [0, 0.05) is 36.0 Å². The van der Waals surface area contributed by atoms with Crippen molar-refractivity contribution in [3.63, 3.8) is 0 Å². The van der Waals surface area contributed by atoms with Gasteiger partial charge in [-0.15, -0.1) is 10.2 Å². The highest BCUT2D eigenvalue weighted by Crippen LogP contribution is 2.33. The van der Waals surface area contributed by atoms with Crippen LogP contribution in [0.2, 0.25) is 0 Å². The van der Waals surface area contributed by atoms with Crippen LogP contribution in [0, 0.1) is 0 Å². The van der Waals surface area contributed by atoms with Crippen LogP contribution in [0.15, 0.2) is 18.5 Å². The number of aromatic amines is 1. The molecule has 7 nitrogen and oxygen atoms in total. The Morgan fingerprint density at radius 2 is 2.15 bits per heavy atom. The summed E-state index contributed by atoms with van der Waals surface area (Å²) >= 11 is 0. The van der Waals surface area contributed by atoms with E-state index in [4.69, 9.17) is 0 Å². The average Bonchev–Trinajstić information content (AvgIpc) is 3.09. The first-order chi connectivity index (χ1) is 12.4. The molecule has 136 valence electrons. The molecule has 0 radical (unpaired) electrons. The number of H-pyrrole nitrogens is 1. The first-order valence-electron chi connectivity index (χ1n) is 8.22. The van der Waals surface area contributed by atoms with Gasteiger partial charge in [0.05, 0.1) is 11.9 Å². The molecule has 4 rings (SSSR count). The molecular formula is C16H15F3N6O. The van der Waals surface area contributed by atoms with Gasteiger partial charge in [0.25, 0.3) is 0 Å². The Balaban J connectivity index is 1.69. The third-order valence-electron chi connectivity index (χ3n) is 4.62. The fourth-order valence-electron chi connectivity index (χ4n) is 3.49. The van der Waals surface area contributed by atoms with E-state index < -0.39 is 18.5 Å². The number of likely N-dealkylation sites (tertiary alicyclic amines) is 1. The molecule has 0 aliphatic carbocycles. The standard InChI is InChI=1S/C16H15F3N6O/c17-16(18,19)6-12(26)25-5-1-2-9(8-25)14-13-10-3-4-20-15(10)24-22-11(13)7-21-23-14/h3-4,7,9H,1-2,5-6,8H2,(H,20,24). The molecule has 1 fully saturated rings. The SMILES string of the molecule is O=C(CC(F)(F)F)N1CCCC(c2nncc3nnc4[nH]ccc4c23)C1. The largest absolute Gasteiger partial charge is 0.397 e. The molecule has 3 aromatic heterocycles. The second kappa shape index (κ2) is 6.19. The zero-order valence-corrected chi connectivity index (χ0v) is 13.6. The van der Waals surface area contributed by atoms with Crippen molar-refractivity contribution in [3.05, 3.63) is 24.2 Å². The van der Waals surface area contributed by atoms with Crippen LogP contribution in [0.25, 0.3) is 21.9 Å². The number of rotatable bonds is 2. The molecule has 3 aromatic rings. The summed E-state index contributed by atoms with van der Waals surface area (Å²) in [5.74, 6) is -1.10. The van der Waals surface area contributed by atoms with Crippen molar-refractivity contribution in [1.82, 2.24) is 30.3 Å². The molecule has 1 unspecified atom stereocenters. The molecule has 4 heterocycles. The fraction of sp³-hybridized carbons (Fsp3) is 0.438. The van der Waals surface area contributed by atoms with Crippen LogP contribution in [0.5, 0.6) is 0 Å². The van der Waals surface area contributed by atoms with Crippen LogP contribution < -0.4 is 0 Å². The number of fused-ring (bicyclic) bond motifs is 3. The van der Waals surface area contributed by atoms with Crippen LogP contribution >= 0.6 is 0 Å². The quantitative estimate of drug-likeness (QED) is 0.755. The highest BCUT2D eigenvalue weighted by Gasteiger charge is 2.35. The van der Waals surface area contributed by atoms with Crippen molar-refractivity contribution in [3.8, 4) is 0 Å². The molecule has 1 N–H and O–H groups in total. The lowest BCUT2D eigenvalue weighted by Gasteiger charge is -2.33. The van der Waals surface area contributed by atoms with Gasteiger partial charge in [-0.05, 0) is 18.9 Å². The van der Waals surface area contributed by atoms with Gasteiger partial charge in [0.15, 0.2) is 5.65 Å². The lowest BCUT2D eigenvalue weighted by molar-refractivity contribution is -0.162. The molecule has 1 saturated heterocycles. The minimum absolute atomic E-state index is 0.191. The van der Waals surface area contributed by atoms with E-state index in [0.29, 0.717) is 29.8 Å². The molecule has 0 aromatic carbocycles. The molecule has 0 saturated carbocycles. The number of nitrogens with zero attached hydrogens (tertiary/aromatic N) is 5. The van der Waals surface area contributed by atoms with Gasteiger partial charge >= 0.3 is 6.18 Å². The molecule has 0 bridgehead atoms. The Bertz CT molecular complexity index is 969. The Kier molecular flexibility index (Phi) is 3.97. The highest BCUT2D eigenvalue weighted by atomic mass is 19.4. The summed E-state index contributed by atoms with van der Waals surface area (Å²) in [5.41, 5.74) is 1.82. The predicted molar refractivity (Wildman–Crippen MR) is 86.2 cm³/mol. The van der Waals surface area contributed by atoms with Gasteiger partial charge in [-0.3, -0.25) is 4.79 Å². The number of carbonyl (C=O) groups excluding carboxylic acids is 1. The second-order valence-corrected chi connectivity index (χ2v) is 6.40. The Morgan fingerprint density at radius 1 is 1.31 bits per heavy atom. The van der Waals surface area contributed by atoms with Crippen LogP contribution in [0.4, 0.5) is 13.2 Å². The fourth-order valence-corrected chi connectivity index (χ4v) is 3.49. The maximum absolute atomic E-state index is 12.5. The zero-order chi connectivity index (χ0) is 18.3. The predicted octanol–water partition coefficient (Wildman–Crippen LogP) is 2.56.